The van der Waals surface area contributed by atoms with Crippen LogP contribution in [0.1, 0.15) is 23.0 Å². The van der Waals surface area contributed by atoms with Crippen molar-refractivity contribution in [1.82, 2.24) is 5.32 Å². The van der Waals surface area contributed by atoms with E-state index in [2.05, 4.69) is 16.0 Å². The minimum Gasteiger partial charge on any atom is -0.465 e. The second-order valence-electron chi connectivity index (χ2n) is 8.28. The molecule has 3 amide bonds. The Bertz CT molecular complexity index is 1470. The highest BCUT2D eigenvalue weighted by Gasteiger charge is 2.17. The molecule has 0 saturated carbocycles. The van der Waals surface area contributed by atoms with Crippen LogP contribution in [0.15, 0.2) is 106 Å². The fraction of sp³-hybridized carbons (Fsp3) is 0.0690. The van der Waals surface area contributed by atoms with Gasteiger partial charge in [-0.3, -0.25) is 14.4 Å². The van der Waals surface area contributed by atoms with Crippen molar-refractivity contribution in [2.75, 3.05) is 10.6 Å². The molecule has 4 aromatic rings. The Kier molecular flexibility index (Phi) is 9.49. The van der Waals surface area contributed by atoms with Crippen molar-refractivity contribution in [2.45, 2.75) is 17.1 Å². The van der Waals surface area contributed by atoms with E-state index < -0.39 is 17.1 Å². The summed E-state index contributed by atoms with van der Waals surface area (Å²) in [6.45, 7) is 1.78. The van der Waals surface area contributed by atoms with Gasteiger partial charge in [-0.1, -0.05) is 41.4 Å². The highest BCUT2D eigenvalue weighted by Crippen LogP contribution is 2.27. The highest BCUT2D eigenvalue weighted by molar-refractivity contribution is 8.00. The summed E-state index contributed by atoms with van der Waals surface area (Å²) in [5, 5.41) is 8.68. The zero-order valence-corrected chi connectivity index (χ0v) is 22.9. The first-order valence-corrected chi connectivity index (χ1v) is 13.4. The Hall–Kier alpha value is -3.98. The lowest BCUT2D eigenvalue weighted by molar-refractivity contribution is -0.115. The average molecular weight is 580 g/mol. The number of furan rings is 1. The summed E-state index contributed by atoms with van der Waals surface area (Å²) in [5.74, 6) is -0.753. The molecule has 0 spiro atoms. The van der Waals surface area contributed by atoms with Gasteiger partial charge in [-0.25, -0.2) is 0 Å². The molecule has 198 valence electrons. The van der Waals surface area contributed by atoms with E-state index in [1.165, 1.54) is 24.1 Å². The molecule has 0 fully saturated rings. The molecular formula is C29H23Cl2N3O4S. The number of anilines is 2. The molecule has 4 rings (SSSR count). The van der Waals surface area contributed by atoms with Crippen LogP contribution < -0.4 is 16.0 Å². The van der Waals surface area contributed by atoms with E-state index in [0.29, 0.717) is 32.7 Å². The highest BCUT2D eigenvalue weighted by atomic mass is 35.5. The Balaban J connectivity index is 1.39. The molecule has 0 aliphatic rings. The lowest BCUT2D eigenvalue weighted by atomic mass is 10.2. The summed E-state index contributed by atoms with van der Waals surface area (Å²) in [6, 6.07) is 23.8. The number of benzene rings is 3. The molecule has 0 aliphatic carbocycles. The zero-order chi connectivity index (χ0) is 27.8. The van der Waals surface area contributed by atoms with Crippen LogP contribution in [0, 0.1) is 0 Å². The van der Waals surface area contributed by atoms with E-state index in [1.807, 2.05) is 0 Å². The largest absolute Gasteiger partial charge is 0.465 e. The van der Waals surface area contributed by atoms with E-state index in [4.69, 9.17) is 27.6 Å². The predicted octanol–water partition coefficient (Wildman–Crippen LogP) is 7.12. The number of carbonyl (C=O) groups excluding carboxylic acids is 3. The summed E-state index contributed by atoms with van der Waals surface area (Å²) in [4.78, 5) is 39.2. The topological polar surface area (TPSA) is 100 Å². The summed E-state index contributed by atoms with van der Waals surface area (Å²) in [7, 11) is 0. The lowest BCUT2D eigenvalue weighted by Gasteiger charge is -2.14. The van der Waals surface area contributed by atoms with Crippen LogP contribution in [0.4, 0.5) is 11.4 Å². The first-order valence-electron chi connectivity index (χ1n) is 11.7. The maximum Gasteiger partial charge on any atom is 0.272 e. The number of halogens is 2. The number of hydrogen-bond acceptors (Lipinski definition) is 5. The third-order valence-corrected chi connectivity index (χ3v) is 6.83. The Morgan fingerprint density at radius 1 is 0.846 bits per heavy atom. The maximum absolute atomic E-state index is 13.1. The maximum atomic E-state index is 13.1. The number of carbonyl (C=O) groups is 3. The van der Waals surface area contributed by atoms with Gasteiger partial charge in [-0.2, -0.15) is 0 Å². The van der Waals surface area contributed by atoms with Crippen molar-refractivity contribution in [2.24, 2.45) is 0 Å². The molecule has 10 heteroatoms. The van der Waals surface area contributed by atoms with Crippen molar-refractivity contribution < 1.29 is 18.8 Å². The first-order chi connectivity index (χ1) is 18.8. The summed E-state index contributed by atoms with van der Waals surface area (Å²) >= 11 is 13.4. The zero-order valence-electron chi connectivity index (χ0n) is 20.6. The molecule has 3 N–H and O–H groups in total. The molecule has 1 unspecified atom stereocenters. The third-order valence-electron chi connectivity index (χ3n) is 5.28. The SMILES string of the molecule is CC(Sc1ccc(NC(=O)/C(=C/c2ccco2)NC(=O)c2ccccc2)cc1)C(=O)Nc1cc(Cl)cc(Cl)c1. The van der Waals surface area contributed by atoms with E-state index >= 15 is 0 Å². The summed E-state index contributed by atoms with van der Waals surface area (Å²) in [5.41, 5.74) is 1.45. The van der Waals surface area contributed by atoms with Gasteiger partial charge in [0.1, 0.15) is 11.5 Å². The standard InChI is InChI=1S/C29H23Cl2N3O4S/c1-18(27(35)33-23-15-20(30)14-21(31)16-23)39-25-11-9-22(10-12-25)32-29(37)26(17-24-8-5-13-38-24)34-28(36)19-6-3-2-4-7-19/h2-18H,1H3,(H,32,37)(H,33,35)(H,34,36)/b26-17-. The molecule has 39 heavy (non-hydrogen) atoms. The summed E-state index contributed by atoms with van der Waals surface area (Å²) < 4.78 is 5.32. The Labute approximate surface area is 239 Å². The predicted molar refractivity (Wildman–Crippen MR) is 156 cm³/mol. The van der Waals surface area contributed by atoms with E-state index in [9.17, 15) is 14.4 Å². The smallest absolute Gasteiger partial charge is 0.272 e. The van der Waals surface area contributed by atoms with Gasteiger partial charge in [0, 0.05) is 38.0 Å². The number of thioether (sulfide) groups is 1. The van der Waals surface area contributed by atoms with E-state index in [1.54, 1.807) is 91.9 Å². The molecule has 1 atom stereocenters. The normalized spacial score (nSPS) is 11.9. The van der Waals surface area contributed by atoms with Crippen LogP contribution in [0.3, 0.4) is 0 Å². The molecule has 1 heterocycles. The fourth-order valence-electron chi connectivity index (χ4n) is 3.40. The summed E-state index contributed by atoms with van der Waals surface area (Å²) in [6.07, 6.45) is 2.93. The van der Waals surface area contributed by atoms with Gasteiger partial charge in [-0.05, 0) is 73.7 Å². The fourth-order valence-corrected chi connectivity index (χ4v) is 4.79. The lowest BCUT2D eigenvalue weighted by Crippen LogP contribution is -2.30. The van der Waals surface area contributed by atoms with Gasteiger partial charge >= 0.3 is 0 Å². The molecule has 0 saturated heterocycles. The van der Waals surface area contributed by atoms with Gasteiger partial charge < -0.3 is 20.4 Å². The van der Waals surface area contributed by atoms with Crippen molar-refractivity contribution in [3.8, 4) is 0 Å². The van der Waals surface area contributed by atoms with Gasteiger partial charge in [0.15, 0.2) is 0 Å². The second kappa shape index (κ2) is 13.2. The monoisotopic (exact) mass is 579 g/mol. The average Bonchev–Trinajstić information content (AvgIpc) is 3.42. The number of hydrogen-bond donors (Lipinski definition) is 3. The minimum atomic E-state index is -0.524. The second-order valence-corrected chi connectivity index (χ2v) is 10.6. The minimum absolute atomic E-state index is 0.0173. The van der Waals surface area contributed by atoms with Crippen LogP contribution in [-0.2, 0) is 9.59 Å². The molecule has 3 aromatic carbocycles. The van der Waals surface area contributed by atoms with Crippen LogP contribution >= 0.6 is 35.0 Å². The third kappa shape index (κ3) is 8.25. The van der Waals surface area contributed by atoms with E-state index in [-0.39, 0.29) is 11.6 Å². The number of amides is 3. The van der Waals surface area contributed by atoms with Gasteiger partial charge in [0.2, 0.25) is 5.91 Å². The van der Waals surface area contributed by atoms with Crippen molar-refractivity contribution >= 4 is 70.1 Å². The molecular weight excluding hydrogens is 557 g/mol. The van der Waals surface area contributed by atoms with Gasteiger partial charge in [0.05, 0.1) is 11.5 Å². The van der Waals surface area contributed by atoms with E-state index in [0.717, 1.165) is 4.90 Å². The van der Waals surface area contributed by atoms with Crippen LogP contribution in [-0.4, -0.2) is 23.0 Å². The van der Waals surface area contributed by atoms with Crippen molar-refractivity contribution in [1.29, 1.82) is 0 Å². The van der Waals surface area contributed by atoms with Gasteiger partial charge in [-0.15, -0.1) is 11.8 Å². The van der Waals surface area contributed by atoms with Crippen LogP contribution in [0.2, 0.25) is 10.0 Å². The molecule has 0 radical (unpaired) electrons. The molecule has 0 aliphatic heterocycles. The van der Waals surface area contributed by atoms with Gasteiger partial charge in [0.25, 0.3) is 11.8 Å². The molecule has 0 bridgehead atoms. The van der Waals surface area contributed by atoms with Crippen molar-refractivity contribution in [3.63, 3.8) is 0 Å². The molecule has 1 aromatic heterocycles. The Morgan fingerprint density at radius 3 is 2.18 bits per heavy atom. The Morgan fingerprint density at radius 2 is 1.54 bits per heavy atom. The van der Waals surface area contributed by atoms with Crippen molar-refractivity contribution in [3.05, 3.63) is 118 Å². The quantitative estimate of drug-likeness (QED) is 0.145. The number of rotatable bonds is 9. The van der Waals surface area contributed by atoms with Crippen LogP contribution in [0.25, 0.3) is 6.08 Å². The molecule has 7 nitrogen and oxygen atoms in total. The number of nitrogens with one attached hydrogen (secondary N) is 3. The first kappa shape index (κ1) is 28.0. The van der Waals surface area contributed by atoms with Crippen LogP contribution in [0.5, 0.6) is 0 Å².